The van der Waals surface area contributed by atoms with Crippen molar-refractivity contribution in [1.29, 1.82) is 0 Å². The van der Waals surface area contributed by atoms with Gasteiger partial charge in [-0.05, 0) is 6.42 Å². The zero-order chi connectivity index (χ0) is 13.3. The van der Waals surface area contributed by atoms with Crippen molar-refractivity contribution in [3.63, 3.8) is 0 Å². The highest BCUT2D eigenvalue weighted by Crippen LogP contribution is 2.02. The number of hydrogen-bond donors (Lipinski definition) is 4. The first-order valence-corrected chi connectivity index (χ1v) is 5.80. The number of Topliss-reactive ketones (excluding diaryl/α,β-unsaturated/α-hetero) is 1. The summed E-state index contributed by atoms with van der Waals surface area (Å²) in [6.45, 7) is 1.44. The lowest BCUT2D eigenvalue weighted by molar-refractivity contribution is -0.144. The molecule has 0 unspecified atom stereocenters. The van der Waals surface area contributed by atoms with Gasteiger partial charge in [0.25, 0.3) is 0 Å². The fourth-order valence-corrected chi connectivity index (χ4v) is 1.22. The molecule has 0 aliphatic rings. The van der Waals surface area contributed by atoms with Crippen LogP contribution in [0.1, 0.15) is 26.2 Å². The second kappa shape index (κ2) is 9.49. The van der Waals surface area contributed by atoms with Crippen molar-refractivity contribution in [2.75, 3.05) is 19.8 Å². The summed E-state index contributed by atoms with van der Waals surface area (Å²) in [5, 5.41) is 36.2. The zero-order valence-electron chi connectivity index (χ0n) is 10.1. The van der Waals surface area contributed by atoms with Gasteiger partial charge in [0.05, 0.1) is 6.61 Å². The van der Waals surface area contributed by atoms with Crippen LogP contribution in [0.2, 0.25) is 0 Å². The second-order valence-corrected chi connectivity index (χ2v) is 3.91. The maximum Gasteiger partial charge on any atom is 0.189 e. The summed E-state index contributed by atoms with van der Waals surface area (Å²) < 4.78 is 5.02. The summed E-state index contributed by atoms with van der Waals surface area (Å²) >= 11 is 0. The Morgan fingerprint density at radius 3 is 2.41 bits per heavy atom. The van der Waals surface area contributed by atoms with Crippen LogP contribution in [0.25, 0.3) is 0 Å². The molecule has 0 spiro atoms. The number of ether oxygens (including phenoxy) is 1. The van der Waals surface area contributed by atoms with Gasteiger partial charge in [0.2, 0.25) is 0 Å². The summed E-state index contributed by atoms with van der Waals surface area (Å²) in [6.07, 6.45) is -2.07. The molecule has 0 bridgehead atoms. The predicted octanol–water partition coefficient (Wildman–Crippen LogP) is -1.16. The number of carbonyl (C=O) groups excluding carboxylic acids is 1. The summed E-state index contributed by atoms with van der Waals surface area (Å²) in [6, 6.07) is 0. The average molecular weight is 250 g/mol. The Balaban J connectivity index is 3.81. The minimum absolute atomic E-state index is 0.305. The standard InChI is InChI=1S/C11H22O6/c1-2-3-4-5-17-7-9(14)11(16)10(15)8(13)6-12/h8,10-13,15-16H,2-7H2,1H3/t8-,10+,11+/m1/s1. The van der Waals surface area contributed by atoms with E-state index in [2.05, 4.69) is 0 Å². The second-order valence-electron chi connectivity index (χ2n) is 3.91. The molecule has 0 aromatic carbocycles. The minimum Gasteiger partial charge on any atom is -0.394 e. The molecule has 4 N–H and O–H groups in total. The number of aliphatic hydroxyl groups excluding tert-OH is 4. The molecule has 0 rings (SSSR count). The molecule has 0 fully saturated rings. The Morgan fingerprint density at radius 2 is 1.88 bits per heavy atom. The third-order valence-corrected chi connectivity index (χ3v) is 2.37. The largest absolute Gasteiger partial charge is 0.394 e. The molecular formula is C11H22O6. The van der Waals surface area contributed by atoms with E-state index in [9.17, 15) is 15.0 Å². The van der Waals surface area contributed by atoms with Crippen LogP contribution in [0.4, 0.5) is 0 Å². The molecule has 0 radical (unpaired) electrons. The summed E-state index contributed by atoms with van der Waals surface area (Å²) in [5.41, 5.74) is 0. The quantitative estimate of drug-likeness (QED) is 0.364. The van der Waals surface area contributed by atoms with Crippen LogP contribution < -0.4 is 0 Å². The number of carbonyl (C=O) groups is 1. The van der Waals surface area contributed by atoms with Crippen molar-refractivity contribution in [2.24, 2.45) is 0 Å². The van der Waals surface area contributed by atoms with E-state index >= 15 is 0 Å². The normalized spacial score (nSPS) is 16.5. The molecule has 6 nitrogen and oxygen atoms in total. The lowest BCUT2D eigenvalue weighted by atomic mass is 10.1. The van der Waals surface area contributed by atoms with Gasteiger partial charge in [0, 0.05) is 6.61 Å². The Labute approximate surface area is 101 Å². The van der Waals surface area contributed by atoms with Crippen LogP contribution in [0.5, 0.6) is 0 Å². The van der Waals surface area contributed by atoms with E-state index in [1.165, 1.54) is 0 Å². The maximum atomic E-state index is 11.3. The highest BCUT2D eigenvalue weighted by Gasteiger charge is 2.29. The van der Waals surface area contributed by atoms with Crippen molar-refractivity contribution >= 4 is 5.78 Å². The molecule has 0 aliphatic carbocycles. The maximum absolute atomic E-state index is 11.3. The van der Waals surface area contributed by atoms with Crippen molar-refractivity contribution in [3.05, 3.63) is 0 Å². The van der Waals surface area contributed by atoms with E-state index in [0.717, 1.165) is 19.3 Å². The third-order valence-electron chi connectivity index (χ3n) is 2.37. The van der Waals surface area contributed by atoms with Crippen molar-refractivity contribution in [1.82, 2.24) is 0 Å². The molecule has 3 atom stereocenters. The molecule has 0 heterocycles. The van der Waals surface area contributed by atoms with Crippen LogP contribution >= 0.6 is 0 Å². The summed E-state index contributed by atoms with van der Waals surface area (Å²) in [7, 11) is 0. The number of aliphatic hydroxyl groups is 4. The van der Waals surface area contributed by atoms with Gasteiger partial charge in [0.1, 0.15) is 24.9 Å². The fraction of sp³-hybridized carbons (Fsp3) is 0.909. The van der Waals surface area contributed by atoms with Gasteiger partial charge in [-0.15, -0.1) is 0 Å². The Hall–Kier alpha value is -0.530. The van der Waals surface area contributed by atoms with E-state index in [1.807, 2.05) is 6.92 Å². The van der Waals surface area contributed by atoms with Gasteiger partial charge in [-0.25, -0.2) is 0 Å². The Bertz CT molecular complexity index is 208. The Morgan fingerprint density at radius 1 is 1.24 bits per heavy atom. The fourth-order valence-electron chi connectivity index (χ4n) is 1.22. The molecule has 0 saturated heterocycles. The highest BCUT2D eigenvalue weighted by molar-refractivity contribution is 5.84. The van der Waals surface area contributed by atoms with E-state index in [4.69, 9.17) is 14.9 Å². The lowest BCUT2D eigenvalue weighted by Gasteiger charge is -2.20. The van der Waals surface area contributed by atoms with Crippen LogP contribution in [0, 0.1) is 0 Å². The van der Waals surface area contributed by atoms with Crippen molar-refractivity contribution in [2.45, 2.75) is 44.5 Å². The molecule has 0 saturated carbocycles. The lowest BCUT2D eigenvalue weighted by Crippen LogP contribution is -2.45. The first kappa shape index (κ1) is 16.5. The molecule has 17 heavy (non-hydrogen) atoms. The number of ketones is 1. The van der Waals surface area contributed by atoms with Gasteiger partial charge in [-0.2, -0.15) is 0 Å². The number of unbranched alkanes of at least 4 members (excludes halogenated alkanes) is 2. The minimum atomic E-state index is -1.73. The summed E-state index contributed by atoms with van der Waals surface area (Å²) in [5.74, 6) is -0.707. The monoisotopic (exact) mass is 250 g/mol. The molecule has 0 aliphatic heterocycles. The Kier molecular flexibility index (Phi) is 9.20. The smallest absolute Gasteiger partial charge is 0.189 e. The van der Waals surface area contributed by atoms with Crippen molar-refractivity contribution in [3.8, 4) is 0 Å². The molecular weight excluding hydrogens is 228 g/mol. The van der Waals surface area contributed by atoms with Crippen molar-refractivity contribution < 1.29 is 30.0 Å². The topological polar surface area (TPSA) is 107 Å². The predicted molar refractivity (Wildman–Crippen MR) is 60.5 cm³/mol. The number of hydrogen-bond acceptors (Lipinski definition) is 6. The van der Waals surface area contributed by atoms with E-state index in [-0.39, 0.29) is 6.61 Å². The van der Waals surface area contributed by atoms with Crippen LogP contribution in [0.15, 0.2) is 0 Å². The molecule has 6 heteroatoms. The molecule has 0 amide bonds. The van der Waals surface area contributed by atoms with E-state index < -0.39 is 30.7 Å². The average Bonchev–Trinajstić information content (AvgIpc) is 2.35. The summed E-state index contributed by atoms with van der Waals surface area (Å²) in [4.78, 5) is 11.3. The van der Waals surface area contributed by atoms with Gasteiger partial charge in [-0.3, -0.25) is 4.79 Å². The molecule has 0 aromatic heterocycles. The van der Waals surface area contributed by atoms with Gasteiger partial charge in [0.15, 0.2) is 5.78 Å². The number of rotatable bonds is 10. The van der Waals surface area contributed by atoms with Crippen LogP contribution in [0.3, 0.4) is 0 Å². The zero-order valence-corrected chi connectivity index (χ0v) is 10.1. The third kappa shape index (κ3) is 6.70. The van der Waals surface area contributed by atoms with E-state index in [0.29, 0.717) is 6.61 Å². The van der Waals surface area contributed by atoms with E-state index in [1.54, 1.807) is 0 Å². The first-order chi connectivity index (χ1) is 8.04. The van der Waals surface area contributed by atoms with Gasteiger partial charge in [-0.1, -0.05) is 19.8 Å². The van der Waals surface area contributed by atoms with Gasteiger partial charge >= 0.3 is 0 Å². The highest BCUT2D eigenvalue weighted by atomic mass is 16.5. The van der Waals surface area contributed by atoms with Crippen LogP contribution in [-0.2, 0) is 9.53 Å². The molecule has 0 aromatic rings. The first-order valence-electron chi connectivity index (χ1n) is 5.80. The SMILES string of the molecule is CCCCCOCC(=O)[C@H](O)[C@@H](O)[C@H](O)CO. The molecule has 102 valence electrons. The van der Waals surface area contributed by atoms with Gasteiger partial charge < -0.3 is 25.2 Å². The van der Waals surface area contributed by atoms with Crippen LogP contribution in [-0.4, -0.2) is 64.3 Å².